The van der Waals surface area contributed by atoms with E-state index in [1.807, 2.05) is 19.9 Å². The Morgan fingerprint density at radius 3 is 2.00 bits per heavy atom. The molecule has 0 spiro atoms. The number of hydrogen-bond donors (Lipinski definition) is 0. The molecule has 0 aromatic rings. The van der Waals surface area contributed by atoms with Gasteiger partial charge in [0, 0.05) is 0 Å². The minimum atomic E-state index is 0.838. The molecule has 1 atom stereocenters. The highest BCUT2D eigenvalue weighted by Crippen LogP contribution is 2.16. The van der Waals surface area contributed by atoms with Crippen LogP contribution in [0.1, 0.15) is 53.9 Å². The summed E-state index contributed by atoms with van der Waals surface area (Å²) in [5.74, 6) is 1.71. The molecule has 0 nitrogen and oxygen atoms in total. The van der Waals surface area contributed by atoms with Crippen LogP contribution >= 0.6 is 0 Å². The lowest BCUT2D eigenvalue weighted by Crippen LogP contribution is -2.02. The van der Waals surface area contributed by atoms with Crippen molar-refractivity contribution >= 4 is 0 Å². The maximum atomic E-state index is 3.70. The van der Waals surface area contributed by atoms with Crippen molar-refractivity contribution in [2.24, 2.45) is 11.8 Å². The van der Waals surface area contributed by atoms with E-state index in [1.165, 1.54) is 19.3 Å². The highest BCUT2D eigenvalue weighted by molar-refractivity contribution is 4.67. The fourth-order valence-electron chi connectivity index (χ4n) is 0.917. The average Bonchev–Trinajstić information content (AvgIpc) is 2.08. The molecule has 0 fully saturated rings. The molecule has 0 heteroatoms. The van der Waals surface area contributed by atoms with Gasteiger partial charge in [0.2, 0.25) is 0 Å². The minimum absolute atomic E-state index is 0.838. The van der Waals surface area contributed by atoms with Crippen LogP contribution in [-0.2, 0) is 0 Å². The summed E-state index contributed by atoms with van der Waals surface area (Å²) < 4.78 is 0. The third kappa shape index (κ3) is 9.74. The quantitative estimate of drug-likeness (QED) is 0.416. The molecule has 0 bridgehead atoms. The number of hydrogen-bond acceptors (Lipinski definition) is 0. The van der Waals surface area contributed by atoms with Crippen LogP contribution in [-0.4, -0.2) is 0 Å². The molecule has 0 radical (unpaired) electrons. The predicted octanol–water partition coefficient (Wildman–Crippen LogP) is 4.66. The lowest BCUT2D eigenvalue weighted by molar-refractivity contribution is 0.384. The number of unbranched alkanes of at least 4 members (excludes halogenated alkanes) is 1. The Kier molecular flexibility index (Phi) is 12.8. The molecule has 74 valence electrons. The zero-order valence-electron chi connectivity index (χ0n) is 9.56. The van der Waals surface area contributed by atoms with Gasteiger partial charge in [0.05, 0.1) is 0 Å². The zero-order chi connectivity index (χ0) is 9.98. The van der Waals surface area contributed by atoms with Crippen LogP contribution in [0.3, 0.4) is 0 Å². The second-order valence-corrected chi connectivity index (χ2v) is 3.44. The molecular formula is C12H26. The van der Waals surface area contributed by atoms with E-state index in [2.05, 4.69) is 27.4 Å². The molecule has 0 saturated carbocycles. The maximum absolute atomic E-state index is 3.70. The molecule has 0 aliphatic heterocycles. The topological polar surface area (TPSA) is 0 Å². The smallest absolute Gasteiger partial charge is 0.0353 e. The molecule has 12 heavy (non-hydrogen) atoms. The molecule has 0 aromatic carbocycles. The summed E-state index contributed by atoms with van der Waals surface area (Å²) in [6.07, 6.45) is 5.84. The Bertz CT molecular complexity index is 82.0. The Hall–Kier alpha value is -0.260. The van der Waals surface area contributed by atoms with E-state index in [4.69, 9.17) is 0 Å². The van der Waals surface area contributed by atoms with Crippen molar-refractivity contribution in [1.29, 1.82) is 0 Å². The first-order valence-corrected chi connectivity index (χ1v) is 5.29. The van der Waals surface area contributed by atoms with Crippen LogP contribution < -0.4 is 0 Å². The largest absolute Gasteiger partial charge is 0.103 e. The maximum Gasteiger partial charge on any atom is -0.0353 e. The van der Waals surface area contributed by atoms with E-state index in [-0.39, 0.29) is 0 Å². The summed E-state index contributed by atoms with van der Waals surface area (Å²) in [5.41, 5.74) is 0. The summed E-state index contributed by atoms with van der Waals surface area (Å²) in [5, 5.41) is 0. The minimum Gasteiger partial charge on any atom is -0.103 e. The molecule has 0 amide bonds. The van der Waals surface area contributed by atoms with Crippen LogP contribution in [0.2, 0.25) is 0 Å². The van der Waals surface area contributed by atoms with Gasteiger partial charge in [0.25, 0.3) is 0 Å². The van der Waals surface area contributed by atoms with Gasteiger partial charge in [0.15, 0.2) is 0 Å². The van der Waals surface area contributed by atoms with Gasteiger partial charge in [-0.3, -0.25) is 0 Å². The van der Waals surface area contributed by atoms with Crippen LogP contribution in [0.4, 0.5) is 0 Å². The van der Waals surface area contributed by atoms with Gasteiger partial charge in [0.1, 0.15) is 0 Å². The van der Waals surface area contributed by atoms with Crippen molar-refractivity contribution in [3.05, 3.63) is 12.7 Å². The van der Waals surface area contributed by atoms with Crippen LogP contribution in [0, 0.1) is 11.8 Å². The van der Waals surface area contributed by atoms with E-state index in [9.17, 15) is 0 Å². The van der Waals surface area contributed by atoms with Crippen molar-refractivity contribution in [1.82, 2.24) is 0 Å². The summed E-state index contributed by atoms with van der Waals surface area (Å²) in [7, 11) is 0. The first-order valence-electron chi connectivity index (χ1n) is 5.29. The first kappa shape index (κ1) is 14.3. The molecular weight excluding hydrogens is 144 g/mol. The third-order valence-electron chi connectivity index (χ3n) is 2.21. The van der Waals surface area contributed by atoms with E-state index in [0.29, 0.717) is 0 Å². The highest BCUT2D eigenvalue weighted by Gasteiger charge is 2.04. The highest BCUT2D eigenvalue weighted by atomic mass is 14.1. The Balaban J connectivity index is 0. The van der Waals surface area contributed by atoms with Gasteiger partial charge in [-0.2, -0.15) is 0 Å². The SMILES string of the molecule is C=CCCCC(C)C(C)C.CC. The molecule has 0 rings (SSSR count). The normalized spacial score (nSPS) is 11.8. The summed E-state index contributed by atoms with van der Waals surface area (Å²) in [6.45, 7) is 14.6. The van der Waals surface area contributed by atoms with E-state index >= 15 is 0 Å². The summed E-state index contributed by atoms with van der Waals surface area (Å²) in [4.78, 5) is 0. The molecule has 0 aliphatic carbocycles. The van der Waals surface area contributed by atoms with Gasteiger partial charge in [-0.1, -0.05) is 47.1 Å². The fourth-order valence-corrected chi connectivity index (χ4v) is 0.917. The Morgan fingerprint density at radius 1 is 1.17 bits per heavy atom. The van der Waals surface area contributed by atoms with Gasteiger partial charge in [-0.25, -0.2) is 0 Å². The lowest BCUT2D eigenvalue weighted by Gasteiger charge is -2.13. The van der Waals surface area contributed by atoms with E-state index in [0.717, 1.165) is 11.8 Å². The van der Waals surface area contributed by atoms with Crippen molar-refractivity contribution < 1.29 is 0 Å². The van der Waals surface area contributed by atoms with Crippen molar-refractivity contribution in [2.45, 2.75) is 53.9 Å². The Morgan fingerprint density at radius 2 is 1.67 bits per heavy atom. The van der Waals surface area contributed by atoms with Gasteiger partial charge in [-0.15, -0.1) is 6.58 Å². The zero-order valence-corrected chi connectivity index (χ0v) is 9.56. The molecule has 0 heterocycles. The molecule has 0 aliphatic rings. The predicted molar refractivity (Wildman–Crippen MR) is 59.4 cm³/mol. The number of allylic oxidation sites excluding steroid dienone is 1. The molecule has 0 saturated heterocycles. The Labute approximate surface area is 79.1 Å². The van der Waals surface area contributed by atoms with Crippen molar-refractivity contribution in [3.8, 4) is 0 Å². The molecule has 0 aromatic heterocycles. The fraction of sp³-hybridized carbons (Fsp3) is 0.833. The lowest BCUT2D eigenvalue weighted by atomic mass is 9.93. The second kappa shape index (κ2) is 10.7. The van der Waals surface area contributed by atoms with Crippen molar-refractivity contribution in [2.75, 3.05) is 0 Å². The van der Waals surface area contributed by atoms with Crippen LogP contribution in [0.25, 0.3) is 0 Å². The van der Waals surface area contributed by atoms with Gasteiger partial charge < -0.3 is 0 Å². The van der Waals surface area contributed by atoms with Gasteiger partial charge in [-0.05, 0) is 24.7 Å². The van der Waals surface area contributed by atoms with E-state index in [1.54, 1.807) is 0 Å². The first-order chi connectivity index (χ1) is 5.68. The second-order valence-electron chi connectivity index (χ2n) is 3.44. The van der Waals surface area contributed by atoms with Gasteiger partial charge >= 0.3 is 0 Å². The monoisotopic (exact) mass is 170 g/mol. The molecule has 0 N–H and O–H groups in total. The summed E-state index contributed by atoms with van der Waals surface area (Å²) >= 11 is 0. The molecule has 1 unspecified atom stereocenters. The van der Waals surface area contributed by atoms with Crippen molar-refractivity contribution in [3.63, 3.8) is 0 Å². The summed E-state index contributed by atoms with van der Waals surface area (Å²) in [6, 6.07) is 0. The van der Waals surface area contributed by atoms with E-state index < -0.39 is 0 Å². The van der Waals surface area contributed by atoms with Crippen LogP contribution in [0.15, 0.2) is 12.7 Å². The average molecular weight is 170 g/mol. The number of rotatable bonds is 5. The standard InChI is InChI=1S/C10H20.C2H6/c1-5-6-7-8-10(4)9(2)3;1-2/h5,9-10H,1,6-8H2,2-4H3;1-2H3. The van der Waals surface area contributed by atoms with Crippen LogP contribution in [0.5, 0.6) is 0 Å². The third-order valence-corrected chi connectivity index (χ3v) is 2.21.